The SMILES string of the molecule is CCOC(=O)N1CCC(NC(=O)C2CC23CCN(Cc2ccc(O)c(OCC)c2)CC3)CC1. The largest absolute Gasteiger partial charge is 0.504 e. The Balaban J connectivity index is 1.20. The van der Waals surface area contributed by atoms with Gasteiger partial charge in [-0.3, -0.25) is 9.69 Å². The van der Waals surface area contributed by atoms with Crippen LogP contribution >= 0.6 is 0 Å². The summed E-state index contributed by atoms with van der Waals surface area (Å²) < 4.78 is 10.6. The summed E-state index contributed by atoms with van der Waals surface area (Å²) >= 11 is 0. The van der Waals surface area contributed by atoms with Crippen LogP contribution < -0.4 is 10.1 Å². The molecule has 8 nitrogen and oxygen atoms in total. The van der Waals surface area contributed by atoms with Crippen molar-refractivity contribution in [3.63, 3.8) is 0 Å². The minimum atomic E-state index is -0.253. The third-order valence-corrected chi connectivity index (χ3v) is 7.46. The highest BCUT2D eigenvalue weighted by molar-refractivity contribution is 5.83. The zero-order valence-electron chi connectivity index (χ0n) is 19.8. The smallest absolute Gasteiger partial charge is 0.409 e. The number of likely N-dealkylation sites (tertiary alicyclic amines) is 2. The van der Waals surface area contributed by atoms with Gasteiger partial charge in [0, 0.05) is 31.6 Å². The van der Waals surface area contributed by atoms with Crippen LogP contribution in [0.3, 0.4) is 0 Å². The summed E-state index contributed by atoms with van der Waals surface area (Å²) in [6.45, 7) is 8.69. The van der Waals surface area contributed by atoms with E-state index in [4.69, 9.17) is 9.47 Å². The third kappa shape index (κ3) is 5.54. The summed E-state index contributed by atoms with van der Waals surface area (Å²) in [6, 6.07) is 5.71. The van der Waals surface area contributed by atoms with Crippen molar-refractivity contribution in [1.29, 1.82) is 0 Å². The van der Waals surface area contributed by atoms with Gasteiger partial charge in [0.1, 0.15) is 0 Å². The molecule has 2 amide bonds. The van der Waals surface area contributed by atoms with Crippen molar-refractivity contribution in [3.05, 3.63) is 23.8 Å². The molecule has 1 unspecified atom stereocenters. The van der Waals surface area contributed by atoms with E-state index in [0.717, 1.165) is 57.3 Å². The highest BCUT2D eigenvalue weighted by Gasteiger charge is 2.58. The van der Waals surface area contributed by atoms with Crippen molar-refractivity contribution in [2.45, 2.75) is 58.5 Å². The van der Waals surface area contributed by atoms with Crippen molar-refractivity contribution in [3.8, 4) is 11.5 Å². The van der Waals surface area contributed by atoms with E-state index in [1.165, 1.54) is 0 Å². The molecule has 2 aliphatic heterocycles. The highest BCUT2D eigenvalue weighted by Crippen LogP contribution is 2.59. The van der Waals surface area contributed by atoms with Crippen LogP contribution in [0.15, 0.2) is 18.2 Å². The maximum Gasteiger partial charge on any atom is 0.409 e. The summed E-state index contributed by atoms with van der Waals surface area (Å²) in [5, 5.41) is 13.2. The van der Waals surface area contributed by atoms with E-state index in [0.29, 0.717) is 32.1 Å². The Hall–Kier alpha value is -2.48. The lowest BCUT2D eigenvalue weighted by Crippen LogP contribution is -2.47. The van der Waals surface area contributed by atoms with Gasteiger partial charge in [-0.05, 0) is 82.2 Å². The molecule has 1 atom stereocenters. The van der Waals surface area contributed by atoms with Crippen molar-refractivity contribution in [2.75, 3.05) is 39.4 Å². The molecule has 2 N–H and O–H groups in total. The van der Waals surface area contributed by atoms with Crippen LogP contribution in [0.5, 0.6) is 11.5 Å². The number of carbonyl (C=O) groups excluding carboxylic acids is 2. The average molecular weight is 460 g/mol. The number of piperidine rings is 2. The van der Waals surface area contributed by atoms with E-state index < -0.39 is 0 Å². The molecule has 33 heavy (non-hydrogen) atoms. The molecular formula is C25H37N3O5. The first-order valence-electron chi connectivity index (χ1n) is 12.3. The molecule has 1 spiro atoms. The van der Waals surface area contributed by atoms with Gasteiger partial charge in [-0.1, -0.05) is 6.07 Å². The van der Waals surface area contributed by atoms with Gasteiger partial charge in [-0.2, -0.15) is 0 Å². The number of rotatable bonds is 7. The molecule has 0 aromatic heterocycles. The number of phenolic OH excluding ortho intramolecular Hbond substituents is 1. The molecule has 2 heterocycles. The van der Waals surface area contributed by atoms with E-state index in [-0.39, 0.29) is 35.1 Å². The number of aromatic hydroxyl groups is 1. The fourth-order valence-corrected chi connectivity index (χ4v) is 5.34. The summed E-state index contributed by atoms with van der Waals surface area (Å²) in [4.78, 5) is 28.9. The number of ether oxygens (including phenoxy) is 2. The van der Waals surface area contributed by atoms with E-state index in [1.54, 1.807) is 11.0 Å². The Morgan fingerprint density at radius 3 is 2.52 bits per heavy atom. The molecule has 3 fully saturated rings. The number of phenols is 1. The van der Waals surface area contributed by atoms with Gasteiger partial charge in [0.15, 0.2) is 11.5 Å². The fourth-order valence-electron chi connectivity index (χ4n) is 5.34. The second-order valence-corrected chi connectivity index (χ2v) is 9.60. The molecule has 182 valence electrons. The standard InChI is InChI=1S/C25H37N3O5/c1-3-32-22-15-18(5-6-21(22)29)17-27-13-9-25(10-14-27)16-20(25)23(30)26-19-7-11-28(12-8-19)24(31)33-4-2/h5-6,15,19-20,29H,3-4,7-14,16-17H2,1-2H3,(H,26,30). The molecule has 4 rings (SSSR count). The van der Waals surface area contributed by atoms with E-state index in [9.17, 15) is 14.7 Å². The maximum atomic E-state index is 12.9. The van der Waals surface area contributed by atoms with Crippen LogP contribution in [0.25, 0.3) is 0 Å². The molecule has 1 aliphatic carbocycles. The quantitative estimate of drug-likeness (QED) is 0.651. The van der Waals surface area contributed by atoms with Crippen LogP contribution in [0.1, 0.15) is 51.5 Å². The van der Waals surface area contributed by atoms with E-state index >= 15 is 0 Å². The predicted molar refractivity (Wildman–Crippen MR) is 124 cm³/mol. The molecule has 3 aliphatic rings. The summed E-state index contributed by atoms with van der Waals surface area (Å²) in [7, 11) is 0. The van der Waals surface area contributed by atoms with Crippen LogP contribution in [-0.4, -0.2) is 72.3 Å². The molecule has 0 radical (unpaired) electrons. The molecule has 1 saturated carbocycles. The Morgan fingerprint density at radius 1 is 1.12 bits per heavy atom. The molecular weight excluding hydrogens is 422 g/mol. The maximum absolute atomic E-state index is 12.9. The number of nitrogens with one attached hydrogen (secondary N) is 1. The molecule has 0 bridgehead atoms. The highest BCUT2D eigenvalue weighted by atomic mass is 16.6. The van der Waals surface area contributed by atoms with Crippen molar-refractivity contribution < 1.29 is 24.2 Å². The van der Waals surface area contributed by atoms with Gasteiger partial charge >= 0.3 is 6.09 Å². The monoisotopic (exact) mass is 459 g/mol. The molecule has 2 saturated heterocycles. The first kappa shape index (κ1) is 23.7. The number of nitrogens with zero attached hydrogens (tertiary/aromatic N) is 2. The van der Waals surface area contributed by atoms with Crippen LogP contribution in [0.2, 0.25) is 0 Å². The molecule has 8 heteroatoms. The second-order valence-electron chi connectivity index (χ2n) is 9.60. The fraction of sp³-hybridized carbons (Fsp3) is 0.680. The Bertz CT molecular complexity index is 844. The van der Waals surface area contributed by atoms with Gasteiger partial charge in [-0.25, -0.2) is 4.79 Å². The Labute approximate surface area is 196 Å². The number of hydrogen-bond acceptors (Lipinski definition) is 6. The second kappa shape index (κ2) is 10.2. The lowest BCUT2D eigenvalue weighted by Gasteiger charge is -2.34. The van der Waals surface area contributed by atoms with Crippen molar-refractivity contribution >= 4 is 12.0 Å². The van der Waals surface area contributed by atoms with E-state index in [2.05, 4.69) is 10.2 Å². The minimum absolute atomic E-state index is 0.126. The number of carbonyl (C=O) groups is 2. The normalized spacial score (nSPS) is 22.7. The van der Waals surface area contributed by atoms with Gasteiger partial charge in [0.25, 0.3) is 0 Å². The average Bonchev–Trinajstić information content (AvgIpc) is 3.52. The van der Waals surface area contributed by atoms with Crippen LogP contribution in [0.4, 0.5) is 4.79 Å². The topological polar surface area (TPSA) is 91.3 Å². The van der Waals surface area contributed by atoms with Gasteiger partial charge in [-0.15, -0.1) is 0 Å². The Kier molecular flexibility index (Phi) is 7.32. The van der Waals surface area contributed by atoms with Crippen molar-refractivity contribution in [2.24, 2.45) is 11.3 Å². The number of hydrogen-bond donors (Lipinski definition) is 2. The summed E-state index contributed by atoms with van der Waals surface area (Å²) in [6.07, 6.45) is 4.40. The third-order valence-electron chi connectivity index (χ3n) is 7.46. The lowest BCUT2D eigenvalue weighted by atomic mass is 9.90. The van der Waals surface area contributed by atoms with Crippen molar-refractivity contribution in [1.82, 2.24) is 15.1 Å². The van der Waals surface area contributed by atoms with Gasteiger partial charge < -0.3 is 24.8 Å². The first-order valence-corrected chi connectivity index (χ1v) is 12.3. The summed E-state index contributed by atoms with van der Waals surface area (Å²) in [5.74, 6) is 1.03. The predicted octanol–water partition coefficient (Wildman–Crippen LogP) is 3.13. The first-order chi connectivity index (χ1) is 15.9. The van der Waals surface area contributed by atoms with E-state index in [1.807, 2.05) is 26.0 Å². The Morgan fingerprint density at radius 2 is 1.85 bits per heavy atom. The molecule has 1 aromatic rings. The van der Waals surface area contributed by atoms with Gasteiger partial charge in [0.05, 0.1) is 13.2 Å². The van der Waals surface area contributed by atoms with Gasteiger partial charge in [0.2, 0.25) is 5.91 Å². The summed E-state index contributed by atoms with van der Waals surface area (Å²) in [5.41, 5.74) is 1.30. The zero-order valence-corrected chi connectivity index (χ0v) is 19.8. The molecule has 1 aromatic carbocycles. The van der Waals surface area contributed by atoms with Crippen LogP contribution in [0, 0.1) is 11.3 Å². The number of amides is 2. The zero-order chi connectivity index (χ0) is 23.4. The number of benzene rings is 1. The van der Waals surface area contributed by atoms with Crippen LogP contribution in [-0.2, 0) is 16.1 Å². The lowest BCUT2D eigenvalue weighted by molar-refractivity contribution is -0.124. The minimum Gasteiger partial charge on any atom is -0.504 e.